The van der Waals surface area contributed by atoms with Crippen LogP contribution in [0.5, 0.6) is 0 Å². The molecule has 0 unspecified atom stereocenters. The molecule has 0 saturated heterocycles. The molecule has 1 aromatic carbocycles. The molecule has 0 fully saturated rings. The number of carbonyl (C=O) groups excluding carboxylic acids is 1. The standard InChI is InChI=1S/C14H12Cl2N2O/c1-9-11(8-18(2)17-9)4-6-14(19)10-3-5-12(15)13(16)7-10/h3-8H,1-2H3/b6-4+. The van der Waals surface area contributed by atoms with Crippen LogP contribution < -0.4 is 0 Å². The van der Waals surface area contributed by atoms with E-state index in [-0.39, 0.29) is 5.78 Å². The van der Waals surface area contributed by atoms with Crippen molar-refractivity contribution < 1.29 is 4.79 Å². The van der Waals surface area contributed by atoms with Crippen LogP contribution in [0.3, 0.4) is 0 Å². The van der Waals surface area contributed by atoms with Crippen LogP contribution >= 0.6 is 23.2 Å². The van der Waals surface area contributed by atoms with Crippen LogP contribution in [0, 0.1) is 6.92 Å². The lowest BCUT2D eigenvalue weighted by molar-refractivity contribution is 0.104. The van der Waals surface area contributed by atoms with Crippen LogP contribution in [-0.2, 0) is 7.05 Å². The van der Waals surface area contributed by atoms with Gasteiger partial charge in [-0.25, -0.2) is 0 Å². The van der Waals surface area contributed by atoms with Crippen LogP contribution in [0.2, 0.25) is 10.0 Å². The summed E-state index contributed by atoms with van der Waals surface area (Å²) >= 11 is 11.7. The highest BCUT2D eigenvalue weighted by molar-refractivity contribution is 6.42. The topological polar surface area (TPSA) is 34.9 Å². The van der Waals surface area contributed by atoms with Gasteiger partial charge in [0.15, 0.2) is 5.78 Å². The number of carbonyl (C=O) groups is 1. The minimum Gasteiger partial charge on any atom is -0.289 e. The van der Waals surface area contributed by atoms with Crippen LogP contribution in [0.25, 0.3) is 6.08 Å². The van der Waals surface area contributed by atoms with E-state index in [9.17, 15) is 4.79 Å². The fourth-order valence-electron chi connectivity index (χ4n) is 1.69. The van der Waals surface area contributed by atoms with Gasteiger partial charge in [0.2, 0.25) is 0 Å². The molecular formula is C14H12Cl2N2O. The van der Waals surface area contributed by atoms with Gasteiger partial charge in [0.25, 0.3) is 0 Å². The molecule has 2 rings (SSSR count). The first-order valence-corrected chi connectivity index (χ1v) is 6.40. The number of aryl methyl sites for hydroxylation is 2. The largest absolute Gasteiger partial charge is 0.289 e. The van der Waals surface area contributed by atoms with E-state index in [4.69, 9.17) is 23.2 Å². The van der Waals surface area contributed by atoms with Crippen LogP contribution in [0.4, 0.5) is 0 Å². The van der Waals surface area contributed by atoms with E-state index in [2.05, 4.69) is 5.10 Å². The molecule has 0 saturated carbocycles. The molecule has 0 amide bonds. The Kier molecular flexibility index (Phi) is 4.08. The lowest BCUT2D eigenvalue weighted by atomic mass is 10.1. The number of hydrogen-bond acceptors (Lipinski definition) is 2. The Morgan fingerprint density at radius 2 is 2.05 bits per heavy atom. The van der Waals surface area contributed by atoms with Gasteiger partial charge in [-0.1, -0.05) is 23.2 Å². The van der Waals surface area contributed by atoms with Crippen molar-refractivity contribution in [3.63, 3.8) is 0 Å². The highest BCUT2D eigenvalue weighted by Gasteiger charge is 2.06. The second-order valence-corrected chi connectivity index (χ2v) is 4.98. The zero-order valence-electron chi connectivity index (χ0n) is 10.5. The van der Waals surface area contributed by atoms with Gasteiger partial charge >= 0.3 is 0 Å². The highest BCUT2D eigenvalue weighted by Crippen LogP contribution is 2.23. The molecule has 0 aliphatic rings. The van der Waals surface area contributed by atoms with Crippen molar-refractivity contribution in [3.8, 4) is 0 Å². The maximum absolute atomic E-state index is 12.0. The maximum atomic E-state index is 12.0. The Labute approximate surface area is 121 Å². The van der Waals surface area contributed by atoms with E-state index >= 15 is 0 Å². The Morgan fingerprint density at radius 1 is 1.32 bits per heavy atom. The van der Waals surface area contributed by atoms with E-state index in [1.165, 1.54) is 6.08 Å². The van der Waals surface area contributed by atoms with Crippen molar-refractivity contribution in [2.24, 2.45) is 7.05 Å². The zero-order valence-corrected chi connectivity index (χ0v) is 12.0. The van der Waals surface area contributed by atoms with Crippen molar-refractivity contribution in [3.05, 3.63) is 57.3 Å². The van der Waals surface area contributed by atoms with Gasteiger partial charge in [-0.15, -0.1) is 0 Å². The molecule has 19 heavy (non-hydrogen) atoms. The quantitative estimate of drug-likeness (QED) is 0.635. The molecule has 98 valence electrons. The van der Waals surface area contributed by atoms with Gasteiger partial charge in [0.05, 0.1) is 15.7 Å². The third-order valence-electron chi connectivity index (χ3n) is 2.67. The third kappa shape index (κ3) is 3.25. The number of nitrogens with zero attached hydrogens (tertiary/aromatic N) is 2. The summed E-state index contributed by atoms with van der Waals surface area (Å²) in [4.78, 5) is 12.0. The van der Waals surface area contributed by atoms with Gasteiger partial charge < -0.3 is 0 Å². The summed E-state index contributed by atoms with van der Waals surface area (Å²) in [6, 6.07) is 4.82. The minimum absolute atomic E-state index is 0.123. The Bertz CT molecular complexity index is 659. The van der Waals surface area contributed by atoms with E-state index < -0.39 is 0 Å². The molecule has 0 radical (unpaired) electrons. The van der Waals surface area contributed by atoms with E-state index in [1.807, 2.05) is 20.2 Å². The fraction of sp³-hybridized carbons (Fsp3) is 0.143. The van der Waals surface area contributed by atoms with Gasteiger partial charge in [-0.3, -0.25) is 9.48 Å². The average molecular weight is 295 g/mol. The molecule has 0 spiro atoms. The van der Waals surface area contributed by atoms with E-state index in [0.717, 1.165) is 11.3 Å². The third-order valence-corrected chi connectivity index (χ3v) is 3.41. The predicted molar refractivity (Wildman–Crippen MR) is 77.8 cm³/mol. The van der Waals surface area contributed by atoms with Gasteiger partial charge in [-0.2, -0.15) is 5.10 Å². The normalized spacial score (nSPS) is 11.2. The smallest absolute Gasteiger partial charge is 0.185 e. The van der Waals surface area contributed by atoms with Crippen molar-refractivity contribution in [1.29, 1.82) is 0 Å². The van der Waals surface area contributed by atoms with Gasteiger partial charge in [0, 0.05) is 24.4 Å². The molecule has 5 heteroatoms. The van der Waals surface area contributed by atoms with E-state index in [0.29, 0.717) is 15.6 Å². The molecule has 3 nitrogen and oxygen atoms in total. The molecule has 1 aromatic heterocycles. The van der Waals surface area contributed by atoms with Crippen molar-refractivity contribution in [2.75, 3.05) is 0 Å². The number of rotatable bonds is 3. The number of allylic oxidation sites excluding steroid dienone is 1. The summed E-state index contributed by atoms with van der Waals surface area (Å²) in [5.41, 5.74) is 2.30. The molecular weight excluding hydrogens is 283 g/mol. The minimum atomic E-state index is -0.123. The second kappa shape index (κ2) is 5.59. The number of halogens is 2. The van der Waals surface area contributed by atoms with E-state index in [1.54, 1.807) is 29.0 Å². The molecule has 0 aliphatic carbocycles. The summed E-state index contributed by atoms with van der Waals surface area (Å²) in [5.74, 6) is -0.123. The molecule has 0 atom stereocenters. The van der Waals surface area contributed by atoms with Crippen LogP contribution in [0.15, 0.2) is 30.5 Å². The number of aromatic nitrogens is 2. The predicted octanol–water partition coefficient (Wildman–Crippen LogP) is 3.93. The molecule has 0 aliphatic heterocycles. The monoisotopic (exact) mass is 294 g/mol. The molecule has 2 aromatic rings. The van der Waals surface area contributed by atoms with Gasteiger partial charge in [0.1, 0.15) is 0 Å². The Morgan fingerprint density at radius 3 is 2.63 bits per heavy atom. The number of benzene rings is 1. The second-order valence-electron chi connectivity index (χ2n) is 4.17. The van der Waals surface area contributed by atoms with Crippen molar-refractivity contribution >= 4 is 35.1 Å². The van der Waals surface area contributed by atoms with Crippen LogP contribution in [0.1, 0.15) is 21.6 Å². The first-order chi connectivity index (χ1) is 8.97. The zero-order chi connectivity index (χ0) is 14.0. The molecule has 0 bridgehead atoms. The molecule has 0 N–H and O–H groups in total. The molecule has 1 heterocycles. The number of ketones is 1. The maximum Gasteiger partial charge on any atom is 0.185 e. The lowest BCUT2D eigenvalue weighted by Crippen LogP contribution is -1.93. The Balaban J connectivity index is 2.21. The first kappa shape index (κ1) is 13.8. The summed E-state index contributed by atoms with van der Waals surface area (Å²) in [5, 5.41) is 5.01. The SMILES string of the molecule is Cc1nn(C)cc1/C=C/C(=O)c1ccc(Cl)c(Cl)c1. The average Bonchev–Trinajstić information content (AvgIpc) is 2.68. The summed E-state index contributed by atoms with van der Waals surface area (Å²) in [7, 11) is 1.84. The Hall–Kier alpha value is -1.58. The summed E-state index contributed by atoms with van der Waals surface area (Å²) in [6.07, 6.45) is 5.10. The van der Waals surface area contributed by atoms with Crippen molar-refractivity contribution in [1.82, 2.24) is 9.78 Å². The van der Waals surface area contributed by atoms with Gasteiger partial charge in [-0.05, 0) is 37.3 Å². The van der Waals surface area contributed by atoms with Crippen molar-refractivity contribution in [2.45, 2.75) is 6.92 Å². The number of hydrogen-bond donors (Lipinski definition) is 0. The first-order valence-electron chi connectivity index (χ1n) is 5.65. The fourth-order valence-corrected chi connectivity index (χ4v) is 1.99. The van der Waals surface area contributed by atoms with Crippen LogP contribution in [-0.4, -0.2) is 15.6 Å². The lowest BCUT2D eigenvalue weighted by Gasteiger charge is -1.98. The highest BCUT2D eigenvalue weighted by atomic mass is 35.5. The summed E-state index contributed by atoms with van der Waals surface area (Å²) in [6.45, 7) is 1.89. The summed E-state index contributed by atoms with van der Waals surface area (Å²) < 4.78 is 1.71.